The molecule has 1 heterocycles. The van der Waals surface area contributed by atoms with E-state index in [4.69, 9.17) is 4.74 Å². The first kappa shape index (κ1) is 24.8. The second kappa shape index (κ2) is 10.7. The number of hydrogen-bond acceptors (Lipinski definition) is 6. The lowest BCUT2D eigenvalue weighted by atomic mass is 10.0. The summed E-state index contributed by atoms with van der Waals surface area (Å²) in [6.45, 7) is 7.11. The Labute approximate surface area is 184 Å². The number of ether oxygens (including phenoxy) is 1. The van der Waals surface area contributed by atoms with Crippen LogP contribution in [-0.2, 0) is 35.4 Å². The van der Waals surface area contributed by atoms with Gasteiger partial charge in [-0.3, -0.25) is 9.59 Å². The van der Waals surface area contributed by atoms with Gasteiger partial charge in [0.15, 0.2) is 15.9 Å². The summed E-state index contributed by atoms with van der Waals surface area (Å²) < 4.78 is 28.9. The van der Waals surface area contributed by atoms with Crippen molar-refractivity contribution in [3.8, 4) is 0 Å². The number of benzene rings is 1. The van der Waals surface area contributed by atoms with Crippen molar-refractivity contribution >= 4 is 27.6 Å². The molecule has 1 N–H and O–H groups in total. The summed E-state index contributed by atoms with van der Waals surface area (Å²) in [7, 11) is -3.15. The third-order valence-electron chi connectivity index (χ3n) is 5.36. The highest BCUT2D eigenvalue weighted by molar-refractivity contribution is 7.91. The molecule has 1 aliphatic rings. The minimum Gasteiger partial charge on any atom is -0.451 e. The Morgan fingerprint density at radius 2 is 1.81 bits per heavy atom. The van der Waals surface area contributed by atoms with Gasteiger partial charge in [0.05, 0.1) is 17.9 Å². The lowest BCUT2D eigenvalue weighted by molar-refractivity contribution is -0.163. The standard InChI is InChI=1S/C22H32N2O6S/c1-5-24(18-11-12-31(28,29)14-18)21(26)16(4)30-22(27)20(15(2)3)23-19(25)13-17-9-7-6-8-10-17/h6-10,15-16,18,20H,5,11-14H2,1-4H3,(H,23,25)/t16?,18?,20-/m0/s1. The highest BCUT2D eigenvalue weighted by atomic mass is 32.2. The van der Waals surface area contributed by atoms with Crippen LogP contribution in [0.5, 0.6) is 0 Å². The normalized spacial score (nSPS) is 19.5. The average Bonchev–Trinajstić information content (AvgIpc) is 3.06. The Balaban J connectivity index is 1.98. The Hall–Kier alpha value is -2.42. The number of likely N-dealkylation sites (N-methyl/N-ethyl adjacent to an activating group) is 1. The Morgan fingerprint density at radius 3 is 2.32 bits per heavy atom. The Bertz CT molecular complexity index is 885. The number of amides is 2. The largest absolute Gasteiger partial charge is 0.451 e. The van der Waals surface area contributed by atoms with E-state index in [2.05, 4.69) is 5.32 Å². The number of sulfone groups is 1. The molecule has 0 aliphatic carbocycles. The molecule has 1 aliphatic heterocycles. The van der Waals surface area contributed by atoms with Crippen LogP contribution in [-0.4, -0.2) is 67.3 Å². The molecule has 0 radical (unpaired) electrons. The highest BCUT2D eigenvalue weighted by Crippen LogP contribution is 2.19. The number of esters is 1. The van der Waals surface area contributed by atoms with Gasteiger partial charge >= 0.3 is 5.97 Å². The molecule has 1 saturated heterocycles. The maximum absolute atomic E-state index is 12.8. The number of nitrogens with one attached hydrogen (secondary N) is 1. The number of nitrogens with zero attached hydrogens (tertiary/aromatic N) is 1. The average molecular weight is 453 g/mol. The fraction of sp³-hybridized carbons (Fsp3) is 0.591. The van der Waals surface area contributed by atoms with Crippen LogP contribution in [0.3, 0.4) is 0 Å². The van der Waals surface area contributed by atoms with Gasteiger partial charge in [-0.1, -0.05) is 44.2 Å². The van der Waals surface area contributed by atoms with E-state index in [9.17, 15) is 22.8 Å². The summed E-state index contributed by atoms with van der Waals surface area (Å²) >= 11 is 0. The van der Waals surface area contributed by atoms with Gasteiger partial charge < -0.3 is 15.0 Å². The minimum atomic E-state index is -3.15. The van der Waals surface area contributed by atoms with Crippen molar-refractivity contribution < 1.29 is 27.5 Å². The second-order valence-corrected chi connectivity index (χ2v) is 10.4. The molecule has 3 atom stereocenters. The molecule has 31 heavy (non-hydrogen) atoms. The summed E-state index contributed by atoms with van der Waals surface area (Å²) in [5, 5.41) is 2.70. The number of hydrogen-bond donors (Lipinski definition) is 1. The number of carbonyl (C=O) groups excluding carboxylic acids is 3. The molecular formula is C22H32N2O6S. The molecule has 2 unspecified atom stereocenters. The van der Waals surface area contributed by atoms with Crippen LogP contribution >= 0.6 is 0 Å². The maximum Gasteiger partial charge on any atom is 0.329 e. The van der Waals surface area contributed by atoms with Crippen LogP contribution in [0.1, 0.15) is 39.7 Å². The van der Waals surface area contributed by atoms with E-state index in [1.807, 2.05) is 30.3 Å². The third-order valence-corrected chi connectivity index (χ3v) is 7.11. The van der Waals surface area contributed by atoms with Gasteiger partial charge in [0.25, 0.3) is 5.91 Å². The van der Waals surface area contributed by atoms with Crippen LogP contribution in [0.2, 0.25) is 0 Å². The summed E-state index contributed by atoms with van der Waals surface area (Å²) in [6, 6.07) is 7.87. The molecule has 0 bridgehead atoms. The number of rotatable bonds is 9. The molecule has 0 aromatic heterocycles. The fourth-order valence-corrected chi connectivity index (χ4v) is 5.38. The van der Waals surface area contributed by atoms with E-state index in [0.717, 1.165) is 5.56 Å². The van der Waals surface area contributed by atoms with Gasteiger partial charge in [0.2, 0.25) is 5.91 Å². The van der Waals surface area contributed by atoms with Crippen LogP contribution in [0.4, 0.5) is 0 Å². The first-order chi connectivity index (χ1) is 14.5. The maximum atomic E-state index is 12.8. The van der Waals surface area contributed by atoms with E-state index < -0.39 is 39.9 Å². The molecule has 8 nitrogen and oxygen atoms in total. The van der Waals surface area contributed by atoms with Crippen LogP contribution in [0.25, 0.3) is 0 Å². The van der Waals surface area contributed by atoms with Crippen LogP contribution in [0, 0.1) is 5.92 Å². The molecule has 0 saturated carbocycles. The lowest BCUT2D eigenvalue weighted by Gasteiger charge is -2.30. The van der Waals surface area contributed by atoms with E-state index in [1.165, 1.54) is 11.8 Å². The highest BCUT2D eigenvalue weighted by Gasteiger charge is 2.37. The predicted octanol–water partition coefficient (Wildman–Crippen LogP) is 1.34. The van der Waals surface area contributed by atoms with E-state index in [-0.39, 0.29) is 29.8 Å². The van der Waals surface area contributed by atoms with Crippen molar-refractivity contribution in [2.24, 2.45) is 5.92 Å². The molecule has 172 valence electrons. The van der Waals surface area contributed by atoms with Gasteiger partial charge in [-0.05, 0) is 31.7 Å². The van der Waals surface area contributed by atoms with Gasteiger partial charge in [-0.2, -0.15) is 0 Å². The van der Waals surface area contributed by atoms with E-state index in [1.54, 1.807) is 20.8 Å². The SMILES string of the molecule is CCN(C(=O)C(C)OC(=O)[C@@H](NC(=O)Cc1ccccc1)C(C)C)C1CCS(=O)(=O)C1. The monoisotopic (exact) mass is 452 g/mol. The number of carbonyl (C=O) groups is 3. The third kappa shape index (κ3) is 7.05. The van der Waals surface area contributed by atoms with Crippen molar-refractivity contribution in [3.63, 3.8) is 0 Å². The Morgan fingerprint density at radius 1 is 1.16 bits per heavy atom. The van der Waals surface area contributed by atoms with E-state index in [0.29, 0.717) is 13.0 Å². The van der Waals surface area contributed by atoms with Crippen LogP contribution < -0.4 is 5.32 Å². The summed E-state index contributed by atoms with van der Waals surface area (Å²) in [5.41, 5.74) is 0.824. The summed E-state index contributed by atoms with van der Waals surface area (Å²) in [5.74, 6) is -1.69. The summed E-state index contributed by atoms with van der Waals surface area (Å²) in [6.07, 6.45) is -0.568. The van der Waals surface area contributed by atoms with Gasteiger partial charge in [0, 0.05) is 12.6 Å². The van der Waals surface area contributed by atoms with Crippen molar-refractivity contribution in [2.45, 2.75) is 58.7 Å². The molecule has 1 aromatic rings. The topological polar surface area (TPSA) is 110 Å². The van der Waals surface area contributed by atoms with Gasteiger partial charge in [-0.25, -0.2) is 13.2 Å². The zero-order chi connectivity index (χ0) is 23.2. The van der Waals surface area contributed by atoms with Crippen molar-refractivity contribution in [3.05, 3.63) is 35.9 Å². The van der Waals surface area contributed by atoms with Crippen molar-refractivity contribution in [2.75, 3.05) is 18.1 Å². The van der Waals surface area contributed by atoms with Crippen molar-refractivity contribution in [1.82, 2.24) is 10.2 Å². The van der Waals surface area contributed by atoms with Gasteiger partial charge in [-0.15, -0.1) is 0 Å². The van der Waals surface area contributed by atoms with Gasteiger partial charge in [0.1, 0.15) is 6.04 Å². The molecule has 1 fully saturated rings. The molecule has 0 spiro atoms. The minimum absolute atomic E-state index is 0.0541. The zero-order valence-electron chi connectivity index (χ0n) is 18.5. The molecule has 9 heteroatoms. The molecule has 2 rings (SSSR count). The van der Waals surface area contributed by atoms with Crippen molar-refractivity contribution in [1.29, 1.82) is 0 Å². The fourth-order valence-electron chi connectivity index (χ4n) is 3.65. The first-order valence-corrected chi connectivity index (χ1v) is 12.4. The molecular weight excluding hydrogens is 420 g/mol. The second-order valence-electron chi connectivity index (χ2n) is 8.21. The Kier molecular flexibility index (Phi) is 8.61. The van der Waals surface area contributed by atoms with E-state index >= 15 is 0 Å². The molecule has 1 aromatic carbocycles. The smallest absolute Gasteiger partial charge is 0.329 e. The quantitative estimate of drug-likeness (QED) is 0.566. The predicted molar refractivity (Wildman–Crippen MR) is 117 cm³/mol. The molecule has 2 amide bonds. The van der Waals surface area contributed by atoms with Crippen LogP contribution in [0.15, 0.2) is 30.3 Å². The first-order valence-electron chi connectivity index (χ1n) is 10.6. The summed E-state index contributed by atoms with van der Waals surface area (Å²) in [4.78, 5) is 39.4. The lowest BCUT2D eigenvalue weighted by Crippen LogP contribution is -2.50. The zero-order valence-corrected chi connectivity index (χ0v) is 19.4.